The van der Waals surface area contributed by atoms with Crippen LogP contribution < -0.4 is 5.32 Å². The second kappa shape index (κ2) is 7.22. The maximum atomic E-state index is 11.9. The molecule has 114 valence electrons. The van der Waals surface area contributed by atoms with Gasteiger partial charge in [0, 0.05) is 12.1 Å². The Labute approximate surface area is 124 Å². The lowest BCUT2D eigenvalue weighted by atomic mass is 10.1. The van der Waals surface area contributed by atoms with E-state index in [1.807, 2.05) is 6.92 Å². The molecular formula is C16H21NO4. The molecule has 1 heterocycles. The van der Waals surface area contributed by atoms with E-state index in [9.17, 15) is 9.59 Å². The molecule has 5 nitrogen and oxygen atoms in total. The Morgan fingerprint density at radius 1 is 1.38 bits per heavy atom. The van der Waals surface area contributed by atoms with Gasteiger partial charge < -0.3 is 15.2 Å². The van der Waals surface area contributed by atoms with Crippen LogP contribution in [0.1, 0.15) is 38.2 Å². The van der Waals surface area contributed by atoms with Crippen molar-refractivity contribution < 1.29 is 19.4 Å². The largest absolute Gasteiger partial charge is 0.481 e. The van der Waals surface area contributed by atoms with E-state index < -0.39 is 5.97 Å². The summed E-state index contributed by atoms with van der Waals surface area (Å²) in [6, 6.07) is 6.94. The van der Waals surface area contributed by atoms with E-state index in [-0.39, 0.29) is 18.4 Å². The van der Waals surface area contributed by atoms with Gasteiger partial charge >= 0.3 is 5.97 Å². The van der Waals surface area contributed by atoms with Crippen LogP contribution in [0.3, 0.4) is 0 Å². The molecule has 0 bridgehead atoms. The van der Waals surface area contributed by atoms with E-state index in [4.69, 9.17) is 9.84 Å². The maximum absolute atomic E-state index is 11.9. The summed E-state index contributed by atoms with van der Waals surface area (Å²) < 4.78 is 5.68. The Morgan fingerprint density at radius 3 is 2.86 bits per heavy atom. The lowest BCUT2D eigenvalue weighted by Crippen LogP contribution is -2.16. The summed E-state index contributed by atoms with van der Waals surface area (Å²) in [6.07, 6.45) is 3.66. The second-order valence-electron chi connectivity index (χ2n) is 5.50. The first-order valence-corrected chi connectivity index (χ1v) is 7.29. The molecule has 2 N–H and O–H groups in total. The van der Waals surface area contributed by atoms with Crippen molar-refractivity contribution in [3.05, 3.63) is 29.8 Å². The fourth-order valence-corrected chi connectivity index (χ4v) is 2.55. The van der Waals surface area contributed by atoms with Crippen molar-refractivity contribution >= 4 is 17.6 Å². The number of amides is 1. The highest BCUT2D eigenvalue weighted by Crippen LogP contribution is 2.22. The Morgan fingerprint density at radius 2 is 2.19 bits per heavy atom. The minimum absolute atomic E-state index is 0.0441. The number of benzene rings is 1. The lowest BCUT2D eigenvalue weighted by molar-refractivity contribution is -0.136. The third-order valence-corrected chi connectivity index (χ3v) is 3.58. The van der Waals surface area contributed by atoms with Gasteiger partial charge in [-0.05, 0) is 43.9 Å². The van der Waals surface area contributed by atoms with Gasteiger partial charge in [0.2, 0.25) is 5.91 Å². The second-order valence-corrected chi connectivity index (χ2v) is 5.50. The Kier molecular flexibility index (Phi) is 5.33. The number of hydrogen-bond acceptors (Lipinski definition) is 3. The van der Waals surface area contributed by atoms with Crippen molar-refractivity contribution in [1.29, 1.82) is 0 Å². The summed E-state index contributed by atoms with van der Waals surface area (Å²) in [4.78, 5) is 22.6. The molecule has 2 rings (SSSR count). The zero-order valence-corrected chi connectivity index (χ0v) is 12.2. The fourth-order valence-electron chi connectivity index (χ4n) is 2.55. The molecule has 0 radical (unpaired) electrons. The average Bonchev–Trinajstić information content (AvgIpc) is 2.82. The van der Waals surface area contributed by atoms with Crippen LogP contribution in [-0.4, -0.2) is 29.2 Å². The topological polar surface area (TPSA) is 75.6 Å². The fraction of sp³-hybridized carbons (Fsp3) is 0.500. The summed E-state index contributed by atoms with van der Waals surface area (Å²) in [5.41, 5.74) is 1.31. The number of hydrogen-bond donors (Lipinski definition) is 2. The molecule has 1 aromatic rings. The van der Waals surface area contributed by atoms with Crippen LogP contribution in [0.15, 0.2) is 24.3 Å². The molecule has 0 spiro atoms. The van der Waals surface area contributed by atoms with E-state index in [2.05, 4.69) is 5.32 Å². The van der Waals surface area contributed by atoms with Crippen molar-refractivity contribution in [2.75, 3.05) is 5.32 Å². The summed E-state index contributed by atoms with van der Waals surface area (Å²) in [6.45, 7) is 2.05. The minimum Gasteiger partial charge on any atom is -0.481 e. The Hall–Kier alpha value is -1.88. The van der Waals surface area contributed by atoms with Gasteiger partial charge in [0.05, 0.1) is 18.6 Å². The Balaban J connectivity index is 1.80. The third kappa shape index (κ3) is 5.19. The minimum atomic E-state index is -0.883. The molecule has 1 saturated heterocycles. The van der Waals surface area contributed by atoms with Gasteiger partial charge in [-0.1, -0.05) is 12.1 Å². The van der Waals surface area contributed by atoms with Gasteiger partial charge in [-0.25, -0.2) is 0 Å². The van der Waals surface area contributed by atoms with E-state index in [1.165, 1.54) is 0 Å². The quantitative estimate of drug-likeness (QED) is 0.844. The van der Waals surface area contributed by atoms with Crippen LogP contribution in [-0.2, 0) is 20.7 Å². The van der Waals surface area contributed by atoms with Gasteiger partial charge in [0.15, 0.2) is 0 Å². The van der Waals surface area contributed by atoms with Crippen molar-refractivity contribution in [2.45, 2.75) is 51.2 Å². The first kappa shape index (κ1) is 15.5. The van der Waals surface area contributed by atoms with Crippen molar-refractivity contribution in [3.63, 3.8) is 0 Å². The molecule has 1 fully saturated rings. The molecule has 0 aliphatic carbocycles. The van der Waals surface area contributed by atoms with E-state index in [1.54, 1.807) is 24.3 Å². The van der Waals surface area contributed by atoms with E-state index >= 15 is 0 Å². The molecule has 0 aromatic heterocycles. The summed E-state index contributed by atoms with van der Waals surface area (Å²) in [5.74, 6) is -0.948. The number of carbonyl (C=O) groups is 2. The predicted molar refractivity (Wildman–Crippen MR) is 79.2 cm³/mol. The van der Waals surface area contributed by atoms with Crippen LogP contribution in [0, 0.1) is 0 Å². The van der Waals surface area contributed by atoms with Crippen LogP contribution >= 0.6 is 0 Å². The number of carboxylic acid groups (broad SMARTS) is 1. The lowest BCUT2D eigenvalue weighted by Gasteiger charge is -2.11. The zero-order chi connectivity index (χ0) is 15.2. The van der Waals surface area contributed by atoms with Crippen molar-refractivity contribution in [1.82, 2.24) is 0 Å². The average molecular weight is 291 g/mol. The molecule has 1 aromatic carbocycles. The van der Waals surface area contributed by atoms with Crippen LogP contribution in [0.4, 0.5) is 5.69 Å². The highest BCUT2D eigenvalue weighted by atomic mass is 16.5. The number of ether oxygens (including phenoxy) is 1. The van der Waals surface area contributed by atoms with E-state index in [0.29, 0.717) is 23.8 Å². The molecule has 2 unspecified atom stereocenters. The number of aliphatic carboxylic acids is 1. The summed E-state index contributed by atoms with van der Waals surface area (Å²) in [5, 5.41) is 11.6. The number of anilines is 1. The number of carbonyl (C=O) groups excluding carboxylic acids is 1. The smallest absolute Gasteiger partial charge is 0.307 e. The highest BCUT2D eigenvalue weighted by molar-refractivity contribution is 5.90. The van der Waals surface area contributed by atoms with Gasteiger partial charge in [-0.3, -0.25) is 9.59 Å². The van der Waals surface area contributed by atoms with Gasteiger partial charge in [0.25, 0.3) is 0 Å². The molecule has 5 heteroatoms. The van der Waals surface area contributed by atoms with Crippen molar-refractivity contribution in [3.8, 4) is 0 Å². The molecule has 1 aliphatic rings. The van der Waals surface area contributed by atoms with Crippen molar-refractivity contribution in [2.24, 2.45) is 0 Å². The predicted octanol–water partition coefficient (Wildman–Crippen LogP) is 2.60. The normalized spacial score (nSPS) is 21.2. The molecule has 21 heavy (non-hydrogen) atoms. The maximum Gasteiger partial charge on any atom is 0.307 e. The summed E-state index contributed by atoms with van der Waals surface area (Å²) >= 11 is 0. The monoisotopic (exact) mass is 291 g/mol. The van der Waals surface area contributed by atoms with Gasteiger partial charge in [0.1, 0.15) is 0 Å². The van der Waals surface area contributed by atoms with Crippen LogP contribution in [0.5, 0.6) is 0 Å². The first-order chi connectivity index (χ1) is 10.0. The molecule has 1 amide bonds. The highest BCUT2D eigenvalue weighted by Gasteiger charge is 2.22. The first-order valence-electron chi connectivity index (χ1n) is 7.29. The number of carboxylic acids is 1. The number of nitrogens with one attached hydrogen (secondary N) is 1. The van der Waals surface area contributed by atoms with Gasteiger partial charge in [-0.15, -0.1) is 0 Å². The number of rotatable bonds is 6. The molecule has 1 aliphatic heterocycles. The Bertz CT molecular complexity index is 515. The third-order valence-electron chi connectivity index (χ3n) is 3.58. The standard InChI is InChI=1S/C16H21NO4/c1-11-5-6-14(21-11)7-8-15(18)17-13-4-2-3-12(9-13)10-16(19)20/h2-4,9,11,14H,5-8,10H2,1H3,(H,17,18)(H,19,20). The molecule has 2 atom stereocenters. The summed E-state index contributed by atoms with van der Waals surface area (Å²) in [7, 11) is 0. The molecular weight excluding hydrogens is 270 g/mol. The molecule has 0 saturated carbocycles. The van der Waals surface area contributed by atoms with E-state index in [0.717, 1.165) is 19.3 Å². The van der Waals surface area contributed by atoms with Gasteiger partial charge in [-0.2, -0.15) is 0 Å². The zero-order valence-electron chi connectivity index (χ0n) is 12.2. The SMILES string of the molecule is CC1CCC(CCC(=O)Nc2cccc(CC(=O)O)c2)O1. The van der Waals surface area contributed by atoms with Crippen LogP contribution in [0.25, 0.3) is 0 Å². The van der Waals surface area contributed by atoms with Crippen LogP contribution in [0.2, 0.25) is 0 Å².